The van der Waals surface area contributed by atoms with Gasteiger partial charge in [0.15, 0.2) is 0 Å². The Bertz CT molecular complexity index is 1010. The number of para-hydroxylation sites is 1. The highest BCUT2D eigenvalue weighted by atomic mass is 16.5. The first-order valence-corrected chi connectivity index (χ1v) is 9.93. The van der Waals surface area contributed by atoms with Crippen LogP contribution < -0.4 is 10.1 Å². The van der Waals surface area contributed by atoms with Gasteiger partial charge in [-0.2, -0.15) is 0 Å². The van der Waals surface area contributed by atoms with Crippen LogP contribution >= 0.6 is 0 Å². The number of amides is 1. The van der Waals surface area contributed by atoms with E-state index in [-0.39, 0.29) is 5.91 Å². The van der Waals surface area contributed by atoms with Crippen molar-refractivity contribution < 1.29 is 9.53 Å². The summed E-state index contributed by atoms with van der Waals surface area (Å²) in [7, 11) is 1.70. The molecule has 0 spiro atoms. The number of nitrogens with zero attached hydrogens (tertiary/aromatic N) is 2. The quantitative estimate of drug-likeness (QED) is 0.748. The van der Waals surface area contributed by atoms with Gasteiger partial charge in [-0.3, -0.25) is 9.78 Å². The van der Waals surface area contributed by atoms with E-state index in [0.29, 0.717) is 23.6 Å². The largest absolute Gasteiger partial charge is 0.496 e. The summed E-state index contributed by atoms with van der Waals surface area (Å²) in [6.07, 6.45) is 3.33. The number of aromatic nitrogens is 1. The molecule has 0 radical (unpaired) electrons. The van der Waals surface area contributed by atoms with Gasteiger partial charge in [-0.25, -0.2) is 0 Å². The molecule has 0 saturated carbocycles. The normalized spacial score (nSPS) is 22.7. The van der Waals surface area contributed by atoms with Crippen molar-refractivity contribution in [1.29, 1.82) is 0 Å². The summed E-state index contributed by atoms with van der Waals surface area (Å²) in [6, 6.07) is 21.1. The number of methoxy groups -OCH3 is 1. The minimum atomic E-state index is 0.0690. The van der Waals surface area contributed by atoms with Crippen LogP contribution in [0.25, 0.3) is 11.1 Å². The van der Waals surface area contributed by atoms with Gasteiger partial charge in [0.05, 0.1) is 12.7 Å². The van der Waals surface area contributed by atoms with E-state index in [4.69, 9.17) is 4.74 Å². The van der Waals surface area contributed by atoms with Gasteiger partial charge >= 0.3 is 0 Å². The smallest absolute Gasteiger partial charge is 0.255 e. The van der Waals surface area contributed by atoms with Crippen molar-refractivity contribution in [3.05, 3.63) is 84.2 Å². The fraction of sp³-hybridized carbons (Fsp3) is 0.250. The predicted molar refractivity (Wildman–Crippen MR) is 112 cm³/mol. The van der Waals surface area contributed by atoms with Crippen molar-refractivity contribution in [3.63, 3.8) is 0 Å². The molecule has 3 aliphatic rings. The molecule has 2 bridgehead atoms. The Morgan fingerprint density at radius 1 is 1.03 bits per heavy atom. The third kappa shape index (κ3) is 3.17. The van der Waals surface area contributed by atoms with Gasteiger partial charge in [0.1, 0.15) is 5.75 Å². The lowest BCUT2D eigenvalue weighted by atomic mass is 9.74. The van der Waals surface area contributed by atoms with Gasteiger partial charge in [0.25, 0.3) is 5.91 Å². The van der Waals surface area contributed by atoms with Crippen molar-refractivity contribution in [2.24, 2.45) is 0 Å². The molecule has 3 saturated heterocycles. The molecular weight excluding hydrogens is 362 g/mol. The molecule has 1 aromatic heterocycles. The number of hydrogen-bond donors (Lipinski definition) is 1. The lowest BCUT2D eigenvalue weighted by Gasteiger charge is -2.54. The van der Waals surface area contributed by atoms with E-state index >= 15 is 0 Å². The number of ether oxygens (including phenoxy) is 1. The second-order valence-corrected chi connectivity index (χ2v) is 7.68. The summed E-state index contributed by atoms with van der Waals surface area (Å²) in [4.78, 5) is 18.7. The summed E-state index contributed by atoms with van der Waals surface area (Å²) in [6.45, 7) is 1.45. The Labute approximate surface area is 170 Å². The van der Waals surface area contributed by atoms with E-state index in [1.807, 2.05) is 35.2 Å². The molecule has 3 atom stereocenters. The van der Waals surface area contributed by atoms with Gasteiger partial charge < -0.3 is 15.0 Å². The maximum Gasteiger partial charge on any atom is 0.255 e. The summed E-state index contributed by atoms with van der Waals surface area (Å²) in [5.41, 5.74) is 4.23. The lowest BCUT2D eigenvalue weighted by Crippen LogP contribution is -2.72. The number of benzene rings is 2. The minimum Gasteiger partial charge on any atom is -0.496 e. The van der Waals surface area contributed by atoms with E-state index in [1.165, 1.54) is 5.56 Å². The lowest BCUT2D eigenvalue weighted by molar-refractivity contribution is 0.0367. The zero-order valence-corrected chi connectivity index (χ0v) is 16.3. The van der Waals surface area contributed by atoms with Crippen molar-refractivity contribution in [1.82, 2.24) is 15.2 Å². The van der Waals surface area contributed by atoms with Crippen LogP contribution in [0.15, 0.2) is 73.1 Å². The van der Waals surface area contributed by atoms with Crippen LogP contribution in [-0.2, 0) is 0 Å². The number of carbonyl (C=O) groups excluding carboxylic acids is 1. The fourth-order valence-corrected chi connectivity index (χ4v) is 4.60. The molecule has 5 nitrogen and oxygen atoms in total. The molecule has 1 N–H and O–H groups in total. The Balaban J connectivity index is 1.31. The third-order valence-electron chi connectivity index (χ3n) is 6.04. The molecule has 3 aliphatic heterocycles. The number of hydrogen-bond acceptors (Lipinski definition) is 4. The Morgan fingerprint density at radius 3 is 2.48 bits per heavy atom. The average molecular weight is 385 g/mol. The van der Waals surface area contributed by atoms with Gasteiger partial charge in [0, 0.05) is 49.0 Å². The molecule has 0 aliphatic carbocycles. The summed E-state index contributed by atoms with van der Waals surface area (Å²) in [5, 5.41) is 3.60. The third-order valence-corrected chi connectivity index (χ3v) is 6.04. The molecule has 29 heavy (non-hydrogen) atoms. The Hall–Kier alpha value is -3.18. The molecule has 1 unspecified atom stereocenters. The monoisotopic (exact) mass is 385 g/mol. The van der Waals surface area contributed by atoms with Crippen molar-refractivity contribution in [2.45, 2.75) is 18.0 Å². The van der Waals surface area contributed by atoms with Crippen LogP contribution in [0.5, 0.6) is 5.75 Å². The number of piperazine rings is 1. The molecular formula is C24H23N3O2. The minimum absolute atomic E-state index is 0.0690. The van der Waals surface area contributed by atoms with Crippen molar-refractivity contribution in [2.75, 3.05) is 20.2 Å². The number of rotatable bonds is 4. The average Bonchev–Trinajstić information content (AvgIpc) is 2.79. The molecule has 6 rings (SSSR count). The van der Waals surface area contributed by atoms with Crippen LogP contribution in [0.4, 0.5) is 0 Å². The Kier molecular flexibility index (Phi) is 4.52. The number of nitrogens with one attached hydrogen (secondary N) is 1. The molecule has 3 fully saturated rings. The summed E-state index contributed by atoms with van der Waals surface area (Å²) >= 11 is 0. The zero-order valence-electron chi connectivity index (χ0n) is 16.3. The molecule has 2 aromatic carbocycles. The van der Waals surface area contributed by atoms with Crippen molar-refractivity contribution in [3.8, 4) is 16.9 Å². The maximum absolute atomic E-state index is 12.7. The first kappa shape index (κ1) is 17.9. The molecule has 3 aromatic rings. The number of pyridine rings is 1. The van der Waals surface area contributed by atoms with Crippen LogP contribution in [0, 0.1) is 0 Å². The van der Waals surface area contributed by atoms with Gasteiger partial charge in [-0.05, 0) is 29.3 Å². The van der Waals surface area contributed by atoms with E-state index in [0.717, 1.165) is 30.0 Å². The van der Waals surface area contributed by atoms with Crippen LogP contribution in [0.1, 0.15) is 21.8 Å². The van der Waals surface area contributed by atoms with E-state index in [1.54, 1.807) is 19.5 Å². The van der Waals surface area contributed by atoms with Gasteiger partial charge in [-0.1, -0.05) is 42.5 Å². The standard InChI is InChI=1S/C24H23N3O2/c1-29-22-7-3-2-6-19(22)16-8-10-17(11-9-16)23-20-14-27(15-21(23)26-20)24(28)18-5-4-12-25-13-18/h2-13,20-21,23,26H,14-15H2,1H3/t20-,21+,23?. The Morgan fingerprint density at radius 2 is 1.79 bits per heavy atom. The molecule has 4 heterocycles. The zero-order chi connectivity index (χ0) is 19.8. The van der Waals surface area contributed by atoms with Crippen LogP contribution in [0.3, 0.4) is 0 Å². The molecule has 5 heteroatoms. The van der Waals surface area contributed by atoms with Crippen LogP contribution in [0.2, 0.25) is 0 Å². The highest BCUT2D eigenvalue weighted by Gasteiger charge is 2.48. The first-order valence-electron chi connectivity index (χ1n) is 9.93. The van der Waals surface area contributed by atoms with Gasteiger partial charge in [0.2, 0.25) is 0 Å². The first-order chi connectivity index (χ1) is 14.2. The molecule has 1 amide bonds. The highest BCUT2D eigenvalue weighted by molar-refractivity contribution is 5.94. The van der Waals surface area contributed by atoms with E-state index < -0.39 is 0 Å². The SMILES string of the molecule is COc1ccccc1-c1ccc(C2[C@@H]3CN(C(=O)c4cccnc4)C[C@H]2N3)cc1. The van der Waals surface area contributed by atoms with E-state index in [2.05, 4.69) is 40.6 Å². The maximum atomic E-state index is 12.7. The second kappa shape index (κ2) is 7.33. The van der Waals surface area contributed by atoms with Crippen molar-refractivity contribution >= 4 is 5.91 Å². The van der Waals surface area contributed by atoms with Crippen LogP contribution in [-0.4, -0.2) is 48.1 Å². The summed E-state index contributed by atoms with van der Waals surface area (Å²) < 4.78 is 5.49. The number of carbonyl (C=O) groups is 1. The predicted octanol–water partition coefficient (Wildman–Crippen LogP) is 3.34. The second-order valence-electron chi connectivity index (χ2n) is 7.68. The van der Waals surface area contributed by atoms with E-state index in [9.17, 15) is 4.79 Å². The number of fused-ring (bicyclic) bond motifs is 2. The number of piperidine rings is 1. The van der Waals surface area contributed by atoms with Gasteiger partial charge in [-0.15, -0.1) is 0 Å². The fourth-order valence-electron chi connectivity index (χ4n) is 4.60. The summed E-state index contributed by atoms with van der Waals surface area (Å²) in [5.74, 6) is 1.39. The molecule has 146 valence electrons. The topological polar surface area (TPSA) is 54.5 Å². The highest BCUT2D eigenvalue weighted by Crippen LogP contribution is 2.38.